The Bertz CT molecular complexity index is 589. The molecule has 0 unspecified atom stereocenters. The fourth-order valence-corrected chi connectivity index (χ4v) is 3.20. The Morgan fingerprint density at radius 1 is 0.900 bits per heavy atom. The van der Waals surface area contributed by atoms with Gasteiger partial charge in [0.05, 0.1) is 18.6 Å². The van der Waals surface area contributed by atoms with E-state index in [1.54, 1.807) is 38.1 Å². The number of aliphatic carboxylic acids is 1. The number of hydrogen-bond donors (Lipinski definition) is 1. The number of unbranched alkanes of at least 4 members (excludes halogenated alkanes) is 9. The largest absolute Gasteiger partial charge is 1.00 e. The molecular formula is C24H38NNaO4. The third-order valence-electron chi connectivity index (χ3n) is 5.09. The molecule has 1 aromatic carbocycles. The number of amides is 1. The van der Waals surface area contributed by atoms with Crippen LogP contribution in [0.15, 0.2) is 24.3 Å². The molecule has 0 bridgehead atoms. The Labute approximate surface area is 204 Å². The van der Waals surface area contributed by atoms with Crippen LogP contribution in [0.2, 0.25) is 0 Å². The maximum atomic E-state index is 12.2. The van der Waals surface area contributed by atoms with Gasteiger partial charge < -0.3 is 20.0 Å². The third kappa shape index (κ3) is 12.6. The average Bonchev–Trinajstić information content (AvgIpc) is 2.70. The van der Waals surface area contributed by atoms with Crippen LogP contribution in [0.3, 0.4) is 0 Å². The summed E-state index contributed by atoms with van der Waals surface area (Å²) in [5.74, 6) is -1.22. The van der Waals surface area contributed by atoms with Crippen molar-refractivity contribution in [2.45, 2.75) is 91.0 Å². The van der Waals surface area contributed by atoms with Crippen LogP contribution < -0.4 is 44.7 Å². The van der Waals surface area contributed by atoms with Gasteiger partial charge in [-0.05, 0) is 36.6 Å². The topological polar surface area (TPSA) is 78.5 Å². The first kappa shape index (κ1) is 29.0. The Kier molecular flexibility index (Phi) is 17.0. The van der Waals surface area contributed by atoms with Crippen molar-refractivity contribution in [2.24, 2.45) is 5.92 Å². The molecule has 1 aromatic rings. The molecule has 5 nitrogen and oxygen atoms in total. The zero-order valence-electron chi connectivity index (χ0n) is 19.4. The number of nitrogens with one attached hydrogen (secondary N) is 1. The minimum Gasteiger partial charge on any atom is -0.548 e. The third-order valence-corrected chi connectivity index (χ3v) is 5.09. The van der Waals surface area contributed by atoms with Crippen molar-refractivity contribution in [3.8, 4) is 5.75 Å². The van der Waals surface area contributed by atoms with E-state index >= 15 is 0 Å². The number of carbonyl (C=O) groups is 2. The van der Waals surface area contributed by atoms with Gasteiger partial charge in [0.15, 0.2) is 0 Å². The number of benzene rings is 1. The van der Waals surface area contributed by atoms with Crippen LogP contribution in [0.25, 0.3) is 0 Å². The quantitative estimate of drug-likeness (QED) is 0.320. The second-order valence-electron chi connectivity index (χ2n) is 8.07. The van der Waals surface area contributed by atoms with E-state index in [0.29, 0.717) is 12.2 Å². The van der Waals surface area contributed by atoms with Crippen LogP contribution in [0.1, 0.15) is 95.3 Å². The van der Waals surface area contributed by atoms with Gasteiger partial charge in [-0.3, -0.25) is 4.79 Å². The van der Waals surface area contributed by atoms with Crippen molar-refractivity contribution in [1.82, 2.24) is 5.32 Å². The maximum absolute atomic E-state index is 12.2. The molecular weight excluding hydrogens is 389 g/mol. The van der Waals surface area contributed by atoms with Crippen molar-refractivity contribution >= 4 is 11.9 Å². The molecule has 0 aliphatic heterocycles. The van der Waals surface area contributed by atoms with Gasteiger partial charge in [-0.25, -0.2) is 0 Å². The summed E-state index contributed by atoms with van der Waals surface area (Å²) in [7, 11) is 0. The normalized spacial score (nSPS) is 11.6. The summed E-state index contributed by atoms with van der Waals surface area (Å²) in [5, 5.41) is 13.6. The summed E-state index contributed by atoms with van der Waals surface area (Å²) in [6.07, 6.45) is 12.9. The second-order valence-corrected chi connectivity index (χ2v) is 8.07. The van der Waals surface area contributed by atoms with Gasteiger partial charge in [0.25, 0.3) is 5.91 Å². The second kappa shape index (κ2) is 17.6. The zero-order valence-corrected chi connectivity index (χ0v) is 21.4. The summed E-state index contributed by atoms with van der Waals surface area (Å²) in [4.78, 5) is 23.3. The molecule has 6 heteroatoms. The smallest absolute Gasteiger partial charge is 0.548 e. The number of rotatable bonds is 16. The van der Waals surface area contributed by atoms with E-state index in [2.05, 4.69) is 12.2 Å². The average molecular weight is 428 g/mol. The van der Waals surface area contributed by atoms with Crippen molar-refractivity contribution in [3.63, 3.8) is 0 Å². The minimum absolute atomic E-state index is 0. The maximum Gasteiger partial charge on any atom is 1.00 e. The first-order valence-electron chi connectivity index (χ1n) is 11.2. The zero-order chi connectivity index (χ0) is 21.5. The summed E-state index contributed by atoms with van der Waals surface area (Å²) in [6, 6.07) is 5.78. The molecule has 0 aliphatic carbocycles. The van der Waals surface area contributed by atoms with Gasteiger partial charge in [-0.2, -0.15) is 0 Å². The number of carbonyl (C=O) groups excluding carboxylic acids is 2. The summed E-state index contributed by atoms with van der Waals surface area (Å²) in [6.45, 7) is 6.37. The van der Waals surface area contributed by atoms with E-state index in [1.807, 2.05) is 0 Å². The molecule has 0 heterocycles. The van der Waals surface area contributed by atoms with Crippen LogP contribution in [0.4, 0.5) is 0 Å². The van der Waals surface area contributed by atoms with Crippen molar-refractivity contribution in [1.29, 1.82) is 0 Å². The first-order valence-corrected chi connectivity index (χ1v) is 11.2. The van der Waals surface area contributed by atoms with Crippen LogP contribution in [-0.2, 0) is 4.79 Å². The number of carboxylic acid groups (broad SMARTS) is 1. The Morgan fingerprint density at radius 3 is 1.87 bits per heavy atom. The Balaban J connectivity index is 0.00000841. The van der Waals surface area contributed by atoms with E-state index in [-0.39, 0.29) is 35.5 Å². The standard InChI is InChI=1S/C24H39NO4.Na/c1-4-5-6-7-8-9-10-11-12-13-18-29-21-16-14-20(15-17-21)23(26)25-22(19(2)3)24(27)28;/h14-17,19,22H,4-13,18H2,1-3H3,(H,25,26)(H,27,28);/q;+1/p-1/t22-;/m0./s1. The molecule has 1 atom stereocenters. The molecule has 0 saturated heterocycles. The van der Waals surface area contributed by atoms with E-state index in [0.717, 1.165) is 12.2 Å². The van der Waals surface area contributed by atoms with Gasteiger partial charge in [0, 0.05) is 5.56 Å². The molecule has 1 amide bonds. The molecule has 1 rings (SSSR count). The van der Waals surface area contributed by atoms with Crippen LogP contribution in [0.5, 0.6) is 5.75 Å². The van der Waals surface area contributed by atoms with Crippen LogP contribution >= 0.6 is 0 Å². The van der Waals surface area contributed by atoms with Crippen LogP contribution in [0, 0.1) is 5.92 Å². The molecule has 0 saturated carbocycles. The summed E-state index contributed by atoms with van der Waals surface area (Å²) >= 11 is 0. The molecule has 0 radical (unpaired) electrons. The molecule has 164 valence electrons. The summed E-state index contributed by atoms with van der Waals surface area (Å²) in [5.41, 5.74) is 0.406. The molecule has 0 spiro atoms. The van der Waals surface area contributed by atoms with Gasteiger partial charge in [-0.15, -0.1) is 0 Å². The molecule has 0 fully saturated rings. The fraction of sp³-hybridized carbons (Fsp3) is 0.667. The van der Waals surface area contributed by atoms with E-state index in [4.69, 9.17) is 4.74 Å². The fourth-order valence-electron chi connectivity index (χ4n) is 3.20. The number of hydrogen-bond acceptors (Lipinski definition) is 4. The van der Waals surface area contributed by atoms with Gasteiger partial charge in [0.2, 0.25) is 0 Å². The summed E-state index contributed by atoms with van der Waals surface area (Å²) < 4.78 is 5.73. The SMILES string of the molecule is CCCCCCCCCCCCOc1ccc(C(=O)N[C@H](C(=O)[O-])C(C)C)cc1.[Na+]. The van der Waals surface area contributed by atoms with Gasteiger partial charge >= 0.3 is 29.6 Å². The van der Waals surface area contributed by atoms with E-state index < -0.39 is 17.9 Å². The number of carboxylic acids is 1. The van der Waals surface area contributed by atoms with Crippen molar-refractivity contribution in [2.75, 3.05) is 6.61 Å². The van der Waals surface area contributed by atoms with Crippen molar-refractivity contribution in [3.05, 3.63) is 29.8 Å². The van der Waals surface area contributed by atoms with E-state index in [9.17, 15) is 14.7 Å². The van der Waals surface area contributed by atoms with E-state index in [1.165, 1.54) is 57.8 Å². The van der Waals surface area contributed by atoms with Crippen molar-refractivity contribution < 1.29 is 49.0 Å². The minimum atomic E-state index is -1.27. The molecule has 1 N–H and O–H groups in total. The predicted molar refractivity (Wildman–Crippen MR) is 115 cm³/mol. The molecule has 0 aliphatic rings. The van der Waals surface area contributed by atoms with Gasteiger partial charge in [-0.1, -0.05) is 78.6 Å². The molecule has 30 heavy (non-hydrogen) atoms. The van der Waals surface area contributed by atoms with Crippen LogP contribution in [-0.4, -0.2) is 24.5 Å². The first-order chi connectivity index (χ1) is 14.0. The number of ether oxygens (including phenoxy) is 1. The Morgan fingerprint density at radius 2 is 1.40 bits per heavy atom. The Hall–Kier alpha value is -1.04. The molecule has 0 aromatic heterocycles. The van der Waals surface area contributed by atoms with Gasteiger partial charge in [0.1, 0.15) is 5.75 Å². The monoisotopic (exact) mass is 427 g/mol. The predicted octanol–water partition coefficient (Wildman–Crippen LogP) is 1.49.